The van der Waals surface area contributed by atoms with Crippen LogP contribution in [0.4, 0.5) is 0 Å². The fourth-order valence-electron chi connectivity index (χ4n) is 5.12. The number of methoxy groups -OCH3 is 2. The van der Waals surface area contributed by atoms with E-state index in [9.17, 15) is 15.0 Å². The molecule has 194 valence electrons. The van der Waals surface area contributed by atoms with E-state index in [1.54, 1.807) is 14.2 Å². The van der Waals surface area contributed by atoms with Crippen LogP contribution in [0, 0.1) is 0 Å². The molecule has 8 nitrogen and oxygen atoms in total. The molecule has 0 spiro atoms. The average molecular weight is 496 g/mol. The Hall–Kier alpha value is -3.07. The lowest BCUT2D eigenvalue weighted by atomic mass is 9.88. The number of amides is 1. The highest BCUT2D eigenvalue weighted by molar-refractivity contribution is 5.91. The lowest BCUT2D eigenvalue weighted by Gasteiger charge is -2.32. The first-order chi connectivity index (χ1) is 17.5. The number of aromatic nitrogens is 1. The predicted octanol–water partition coefficient (Wildman–Crippen LogP) is 3.06. The quantitative estimate of drug-likeness (QED) is 0.344. The Balaban J connectivity index is 1.50. The number of likely N-dealkylation sites (tertiary alicyclic amines) is 1. The van der Waals surface area contributed by atoms with E-state index in [-0.39, 0.29) is 25.7 Å². The molecule has 4 N–H and O–H groups in total. The van der Waals surface area contributed by atoms with Crippen LogP contribution in [0.1, 0.15) is 36.8 Å². The van der Waals surface area contributed by atoms with Gasteiger partial charge in [0.2, 0.25) is 5.91 Å². The second-order valence-electron chi connectivity index (χ2n) is 9.30. The zero-order valence-electron chi connectivity index (χ0n) is 21.3. The van der Waals surface area contributed by atoms with Crippen molar-refractivity contribution in [1.29, 1.82) is 0 Å². The van der Waals surface area contributed by atoms with Crippen LogP contribution in [-0.4, -0.2) is 79.1 Å². The summed E-state index contributed by atoms with van der Waals surface area (Å²) in [7, 11) is 3.29. The molecular formula is C28H37N3O5. The van der Waals surface area contributed by atoms with Crippen LogP contribution in [0.15, 0.2) is 36.4 Å². The highest BCUT2D eigenvalue weighted by Gasteiger charge is 2.25. The van der Waals surface area contributed by atoms with Gasteiger partial charge in [0, 0.05) is 35.2 Å². The van der Waals surface area contributed by atoms with Crippen LogP contribution in [0.3, 0.4) is 0 Å². The molecule has 36 heavy (non-hydrogen) atoms. The molecule has 4 rings (SSSR count). The third kappa shape index (κ3) is 5.36. The van der Waals surface area contributed by atoms with Crippen molar-refractivity contribution in [3.63, 3.8) is 0 Å². The highest BCUT2D eigenvalue weighted by atomic mass is 16.5. The fraction of sp³-hybridized carbons (Fsp3) is 0.464. The normalized spacial score (nSPS) is 14.6. The summed E-state index contributed by atoms with van der Waals surface area (Å²) in [6.07, 6.45) is 2.72. The molecule has 2 heterocycles. The van der Waals surface area contributed by atoms with Gasteiger partial charge in [-0.05, 0) is 66.6 Å². The van der Waals surface area contributed by atoms with Crippen LogP contribution in [0.25, 0.3) is 22.2 Å². The number of nitrogens with one attached hydrogen (secondary N) is 2. The Labute approximate surface area is 212 Å². The van der Waals surface area contributed by atoms with Crippen molar-refractivity contribution in [3.05, 3.63) is 47.5 Å². The van der Waals surface area contributed by atoms with Gasteiger partial charge in [-0.1, -0.05) is 13.0 Å². The lowest BCUT2D eigenvalue weighted by molar-refractivity contribution is -0.131. The lowest BCUT2D eigenvalue weighted by Crippen LogP contribution is -2.46. The van der Waals surface area contributed by atoms with Gasteiger partial charge in [-0.15, -0.1) is 0 Å². The first-order valence-corrected chi connectivity index (χ1v) is 12.6. The highest BCUT2D eigenvalue weighted by Crippen LogP contribution is 2.38. The number of H-pyrrole nitrogens is 1. The van der Waals surface area contributed by atoms with Crippen LogP contribution in [0.2, 0.25) is 0 Å². The minimum atomic E-state index is -0.462. The molecule has 0 saturated carbocycles. The summed E-state index contributed by atoms with van der Waals surface area (Å²) in [6, 6.07) is 12.2. The van der Waals surface area contributed by atoms with Crippen molar-refractivity contribution in [3.8, 4) is 22.8 Å². The molecule has 3 aromatic rings. The number of aryl methyl sites for hydroxylation is 1. The van der Waals surface area contributed by atoms with E-state index < -0.39 is 6.04 Å². The number of piperidine rings is 1. The molecule has 0 radical (unpaired) electrons. The molecule has 0 atom stereocenters. The van der Waals surface area contributed by atoms with Crippen molar-refractivity contribution >= 4 is 16.8 Å². The van der Waals surface area contributed by atoms with E-state index in [0.29, 0.717) is 30.5 Å². The predicted molar refractivity (Wildman–Crippen MR) is 141 cm³/mol. The maximum Gasteiger partial charge on any atom is 0.236 e. The summed E-state index contributed by atoms with van der Waals surface area (Å²) in [5.74, 6) is 1.82. The topological polar surface area (TPSA) is 107 Å². The zero-order chi connectivity index (χ0) is 25.7. The maximum absolute atomic E-state index is 12.5. The number of ether oxygens (including phenoxy) is 2. The summed E-state index contributed by atoms with van der Waals surface area (Å²) >= 11 is 0. The number of rotatable bonds is 10. The molecule has 0 aliphatic carbocycles. The molecule has 0 unspecified atom stereocenters. The van der Waals surface area contributed by atoms with E-state index in [0.717, 1.165) is 36.0 Å². The molecule has 1 amide bonds. The summed E-state index contributed by atoms with van der Waals surface area (Å²) < 4.78 is 10.9. The van der Waals surface area contributed by atoms with Crippen LogP contribution >= 0.6 is 0 Å². The number of aromatic amines is 1. The number of fused-ring (bicyclic) bond motifs is 1. The molecule has 2 aromatic carbocycles. The first-order valence-electron chi connectivity index (χ1n) is 12.6. The molecular weight excluding hydrogens is 458 g/mol. The van der Waals surface area contributed by atoms with E-state index in [1.807, 2.05) is 17.0 Å². The average Bonchev–Trinajstić information content (AvgIpc) is 3.31. The monoisotopic (exact) mass is 495 g/mol. The molecule has 0 bridgehead atoms. The minimum Gasteiger partial charge on any atom is -0.493 e. The van der Waals surface area contributed by atoms with Crippen molar-refractivity contribution in [2.45, 2.75) is 38.1 Å². The summed E-state index contributed by atoms with van der Waals surface area (Å²) in [4.78, 5) is 18.0. The molecule has 1 aliphatic rings. The molecule has 1 saturated heterocycles. The molecule has 1 fully saturated rings. The third-order valence-electron chi connectivity index (χ3n) is 7.26. The number of hydrogen-bond acceptors (Lipinski definition) is 6. The van der Waals surface area contributed by atoms with Gasteiger partial charge in [-0.25, -0.2) is 0 Å². The zero-order valence-corrected chi connectivity index (χ0v) is 21.3. The summed E-state index contributed by atoms with van der Waals surface area (Å²) in [5.41, 5.74) is 5.86. The van der Waals surface area contributed by atoms with Gasteiger partial charge >= 0.3 is 0 Å². The van der Waals surface area contributed by atoms with Crippen LogP contribution < -0.4 is 14.8 Å². The number of carbonyl (C=O) groups excluding carboxylic acids is 1. The smallest absolute Gasteiger partial charge is 0.236 e. The fourth-order valence-corrected chi connectivity index (χ4v) is 5.12. The first kappa shape index (κ1) is 26.0. The Morgan fingerprint density at radius 1 is 1.08 bits per heavy atom. The summed E-state index contributed by atoms with van der Waals surface area (Å²) in [6.45, 7) is 3.33. The van der Waals surface area contributed by atoms with Gasteiger partial charge in [0.25, 0.3) is 0 Å². The third-order valence-corrected chi connectivity index (χ3v) is 7.26. The van der Waals surface area contributed by atoms with Gasteiger partial charge < -0.3 is 34.9 Å². The molecule has 1 aliphatic heterocycles. The SMILES string of the molecule is CCc1c(-c2ccc(OC)c(OC)c2)[nH]c2ccc(C3CCN(C(=O)CNC(CO)CO)CC3)cc12. The van der Waals surface area contributed by atoms with Gasteiger partial charge in [-0.2, -0.15) is 0 Å². The van der Waals surface area contributed by atoms with Gasteiger partial charge in [-0.3, -0.25) is 4.79 Å². The second kappa shape index (κ2) is 11.8. The minimum absolute atomic E-state index is 0.00858. The van der Waals surface area contributed by atoms with E-state index in [2.05, 4.69) is 41.5 Å². The van der Waals surface area contributed by atoms with Crippen molar-refractivity contribution < 1.29 is 24.5 Å². The van der Waals surface area contributed by atoms with Crippen molar-refractivity contribution in [1.82, 2.24) is 15.2 Å². The maximum atomic E-state index is 12.5. The number of aliphatic hydroxyl groups is 2. The molecule has 1 aromatic heterocycles. The van der Waals surface area contributed by atoms with E-state index in [4.69, 9.17) is 9.47 Å². The van der Waals surface area contributed by atoms with Gasteiger partial charge in [0.05, 0.1) is 40.0 Å². The van der Waals surface area contributed by atoms with Gasteiger partial charge in [0.1, 0.15) is 0 Å². The van der Waals surface area contributed by atoms with Crippen LogP contribution in [-0.2, 0) is 11.2 Å². The van der Waals surface area contributed by atoms with Crippen molar-refractivity contribution in [2.75, 3.05) is 47.1 Å². The van der Waals surface area contributed by atoms with Crippen LogP contribution in [0.5, 0.6) is 11.5 Å². The standard InChI is InChI=1S/C28H37N3O5/c1-4-22-23-13-19(18-9-11-31(12-10-18)27(34)15-29-21(16-32)17-33)5-7-24(23)30-28(22)20-6-8-25(35-2)26(14-20)36-3/h5-8,13-14,18,21,29-30,32-33H,4,9-12,15-17H2,1-3H3. The van der Waals surface area contributed by atoms with E-state index >= 15 is 0 Å². The van der Waals surface area contributed by atoms with Crippen molar-refractivity contribution in [2.24, 2.45) is 0 Å². The number of aliphatic hydroxyl groups excluding tert-OH is 2. The van der Waals surface area contributed by atoms with E-state index in [1.165, 1.54) is 16.5 Å². The molecule has 8 heteroatoms. The largest absolute Gasteiger partial charge is 0.493 e. The number of benzene rings is 2. The number of carbonyl (C=O) groups is 1. The number of nitrogens with zero attached hydrogens (tertiary/aromatic N) is 1. The second-order valence-corrected chi connectivity index (χ2v) is 9.30. The van der Waals surface area contributed by atoms with Gasteiger partial charge in [0.15, 0.2) is 11.5 Å². The Kier molecular flexibility index (Phi) is 8.51. The Morgan fingerprint density at radius 3 is 2.44 bits per heavy atom. The Bertz CT molecular complexity index is 1180. The summed E-state index contributed by atoms with van der Waals surface area (Å²) in [5, 5.41) is 22.5. The number of hydrogen-bond donors (Lipinski definition) is 4. The Morgan fingerprint density at radius 2 is 1.81 bits per heavy atom.